The van der Waals surface area contributed by atoms with Crippen molar-refractivity contribution >= 4 is 17.5 Å². The van der Waals surface area contributed by atoms with Gasteiger partial charge in [-0.15, -0.1) is 0 Å². The fourth-order valence-electron chi connectivity index (χ4n) is 3.09. The van der Waals surface area contributed by atoms with Gasteiger partial charge in [0.25, 0.3) is 0 Å². The van der Waals surface area contributed by atoms with Crippen molar-refractivity contribution in [3.63, 3.8) is 0 Å². The molecule has 0 aromatic heterocycles. The van der Waals surface area contributed by atoms with Crippen molar-refractivity contribution < 1.29 is 19.1 Å². The Balaban J connectivity index is 2.27. The Hall–Kier alpha value is -1.19. The van der Waals surface area contributed by atoms with Gasteiger partial charge >= 0.3 is 5.97 Å². The molecule has 0 amide bonds. The van der Waals surface area contributed by atoms with E-state index in [1.165, 1.54) is 0 Å². The van der Waals surface area contributed by atoms with Crippen molar-refractivity contribution in [2.75, 3.05) is 0 Å². The predicted molar refractivity (Wildman–Crippen MR) is 60.3 cm³/mol. The van der Waals surface area contributed by atoms with Crippen LogP contribution in [-0.4, -0.2) is 23.1 Å². The molecule has 1 aliphatic carbocycles. The minimum Gasteiger partial charge on any atom is -0.457 e. The fourth-order valence-corrected chi connectivity index (χ4v) is 3.09. The molecular weight excluding hydrogens is 220 g/mol. The highest BCUT2D eigenvalue weighted by molar-refractivity contribution is 6.11. The lowest BCUT2D eigenvalue weighted by atomic mass is 9.76. The lowest BCUT2D eigenvalue weighted by molar-refractivity contribution is -0.179. The van der Waals surface area contributed by atoms with Crippen molar-refractivity contribution in [3.8, 4) is 0 Å². The summed E-state index contributed by atoms with van der Waals surface area (Å²) in [6.07, 6.45) is 4.06. The lowest BCUT2D eigenvalue weighted by Crippen LogP contribution is -2.52. The van der Waals surface area contributed by atoms with Gasteiger partial charge in [-0.25, -0.2) is 0 Å². The van der Waals surface area contributed by atoms with Crippen molar-refractivity contribution in [2.24, 2.45) is 5.92 Å². The quantitative estimate of drug-likeness (QED) is 0.555. The summed E-state index contributed by atoms with van der Waals surface area (Å²) in [6.45, 7) is 1.92. The van der Waals surface area contributed by atoms with Crippen LogP contribution in [0.3, 0.4) is 0 Å². The molecule has 2 rings (SSSR count). The van der Waals surface area contributed by atoms with Crippen LogP contribution in [0.5, 0.6) is 0 Å². The number of ketones is 2. The highest BCUT2D eigenvalue weighted by Gasteiger charge is 2.54. The lowest BCUT2D eigenvalue weighted by Gasteiger charge is -2.38. The normalized spacial score (nSPS) is 27.2. The van der Waals surface area contributed by atoms with Gasteiger partial charge < -0.3 is 4.74 Å². The summed E-state index contributed by atoms with van der Waals surface area (Å²) in [4.78, 5) is 35.4. The first-order valence-corrected chi connectivity index (χ1v) is 6.36. The second-order valence-electron chi connectivity index (χ2n) is 5.04. The summed E-state index contributed by atoms with van der Waals surface area (Å²) in [5.41, 5.74) is -0.793. The Labute approximate surface area is 101 Å². The van der Waals surface area contributed by atoms with Crippen LogP contribution in [0.2, 0.25) is 0 Å². The van der Waals surface area contributed by atoms with Crippen LogP contribution in [0, 0.1) is 5.92 Å². The van der Waals surface area contributed by atoms with Gasteiger partial charge in [-0.2, -0.15) is 0 Å². The molecule has 1 unspecified atom stereocenters. The van der Waals surface area contributed by atoms with Gasteiger partial charge in [-0.3, -0.25) is 14.4 Å². The Morgan fingerprint density at radius 1 is 1.35 bits per heavy atom. The highest BCUT2D eigenvalue weighted by Crippen LogP contribution is 2.43. The minimum atomic E-state index is -0.793. The number of carbonyl (C=O) groups is 3. The third kappa shape index (κ3) is 2.13. The van der Waals surface area contributed by atoms with Gasteiger partial charge in [0.2, 0.25) is 0 Å². The summed E-state index contributed by atoms with van der Waals surface area (Å²) < 4.78 is 5.40. The highest BCUT2D eigenvalue weighted by atomic mass is 16.6. The number of carbonyl (C=O) groups excluding carboxylic acids is 3. The zero-order chi connectivity index (χ0) is 12.5. The maximum atomic E-state index is 12.1. The molecule has 1 saturated heterocycles. The van der Waals surface area contributed by atoms with E-state index in [1.54, 1.807) is 0 Å². The van der Waals surface area contributed by atoms with E-state index in [2.05, 4.69) is 0 Å². The van der Waals surface area contributed by atoms with Gasteiger partial charge in [-0.1, -0.05) is 6.92 Å². The third-order valence-electron chi connectivity index (χ3n) is 3.75. The molecule has 0 radical (unpaired) electrons. The van der Waals surface area contributed by atoms with Gasteiger partial charge in [-0.05, 0) is 32.1 Å². The van der Waals surface area contributed by atoms with E-state index < -0.39 is 17.5 Å². The number of Topliss-reactive ketones (excluding diaryl/α,β-unsaturated/α-hetero) is 2. The topological polar surface area (TPSA) is 60.4 Å². The minimum absolute atomic E-state index is 0.0492. The Kier molecular flexibility index (Phi) is 3.31. The van der Waals surface area contributed by atoms with Gasteiger partial charge in [0, 0.05) is 6.42 Å². The van der Waals surface area contributed by atoms with Crippen LogP contribution >= 0.6 is 0 Å². The van der Waals surface area contributed by atoms with E-state index in [0.29, 0.717) is 19.3 Å². The molecule has 1 atom stereocenters. The summed E-state index contributed by atoms with van der Waals surface area (Å²) in [5, 5.41) is 0. The van der Waals surface area contributed by atoms with Gasteiger partial charge in [0.15, 0.2) is 5.78 Å². The van der Waals surface area contributed by atoms with Crippen molar-refractivity contribution in [1.29, 1.82) is 0 Å². The third-order valence-corrected chi connectivity index (χ3v) is 3.75. The van der Waals surface area contributed by atoms with E-state index in [1.807, 2.05) is 6.92 Å². The molecule has 0 N–H and O–H groups in total. The first-order valence-electron chi connectivity index (χ1n) is 6.36. The Morgan fingerprint density at radius 2 is 2.00 bits per heavy atom. The monoisotopic (exact) mass is 238 g/mol. The van der Waals surface area contributed by atoms with Crippen LogP contribution in [0.4, 0.5) is 0 Å². The van der Waals surface area contributed by atoms with E-state index in [-0.39, 0.29) is 18.0 Å². The standard InChI is InChI=1S/C13H18O4/c1-2-5-9(14)12-10(15)8-11(16)17-13(12)6-3-4-7-13/h12H,2-8H2,1H3. The van der Waals surface area contributed by atoms with E-state index in [9.17, 15) is 14.4 Å². The van der Waals surface area contributed by atoms with Crippen LogP contribution in [-0.2, 0) is 19.1 Å². The van der Waals surface area contributed by atoms with Crippen molar-refractivity contribution in [1.82, 2.24) is 0 Å². The van der Waals surface area contributed by atoms with Crippen LogP contribution < -0.4 is 0 Å². The molecule has 2 fully saturated rings. The number of rotatable bonds is 3. The van der Waals surface area contributed by atoms with Crippen molar-refractivity contribution in [2.45, 2.75) is 57.5 Å². The SMILES string of the molecule is CCCC(=O)C1C(=O)CC(=O)OC12CCCC2. The zero-order valence-electron chi connectivity index (χ0n) is 10.2. The summed E-state index contributed by atoms with van der Waals surface area (Å²) in [6, 6.07) is 0. The Bertz CT molecular complexity index is 352. The van der Waals surface area contributed by atoms with Crippen LogP contribution in [0.25, 0.3) is 0 Å². The molecule has 4 nitrogen and oxygen atoms in total. The van der Waals surface area contributed by atoms with E-state index in [0.717, 1.165) is 19.3 Å². The molecule has 94 valence electrons. The summed E-state index contributed by atoms with van der Waals surface area (Å²) in [7, 11) is 0. The number of hydrogen-bond acceptors (Lipinski definition) is 4. The molecular formula is C13H18O4. The molecule has 1 aliphatic heterocycles. The van der Waals surface area contributed by atoms with Gasteiger partial charge in [0.1, 0.15) is 23.7 Å². The zero-order valence-corrected chi connectivity index (χ0v) is 10.2. The molecule has 0 bridgehead atoms. The van der Waals surface area contributed by atoms with Crippen LogP contribution in [0.15, 0.2) is 0 Å². The summed E-state index contributed by atoms with van der Waals surface area (Å²) in [5.74, 6) is -1.44. The molecule has 1 spiro atoms. The average Bonchev–Trinajstić information content (AvgIpc) is 2.65. The first kappa shape index (κ1) is 12.3. The van der Waals surface area contributed by atoms with E-state index in [4.69, 9.17) is 4.74 Å². The predicted octanol–water partition coefficient (Wildman–Crippen LogP) is 1.80. The smallest absolute Gasteiger partial charge is 0.313 e. The molecule has 0 aromatic rings. The first-order chi connectivity index (χ1) is 8.09. The molecule has 17 heavy (non-hydrogen) atoms. The molecule has 4 heteroatoms. The second-order valence-corrected chi connectivity index (χ2v) is 5.04. The maximum absolute atomic E-state index is 12.1. The fraction of sp³-hybridized carbons (Fsp3) is 0.769. The molecule has 1 heterocycles. The van der Waals surface area contributed by atoms with Crippen LogP contribution in [0.1, 0.15) is 51.9 Å². The van der Waals surface area contributed by atoms with Gasteiger partial charge in [0.05, 0.1) is 0 Å². The molecule has 2 aliphatic rings. The largest absolute Gasteiger partial charge is 0.457 e. The molecule has 1 saturated carbocycles. The second kappa shape index (κ2) is 4.59. The number of ether oxygens (including phenoxy) is 1. The van der Waals surface area contributed by atoms with Crippen molar-refractivity contribution in [3.05, 3.63) is 0 Å². The molecule has 0 aromatic carbocycles. The van der Waals surface area contributed by atoms with E-state index >= 15 is 0 Å². The Morgan fingerprint density at radius 3 is 2.59 bits per heavy atom. The summed E-state index contributed by atoms with van der Waals surface area (Å²) >= 11 is 0. The number of esters is 1. The average molecular weight is 238 g/mol. The number of hydrogen-bond donors (Lipinski definition) is 0. The maximum Gasteiger partial charge on any atom is 0.313 e.